The van der Waals surface area contributed by atoms with Crippen molar-refractivity contribution in [2.24, 2.45) is 17.6 Å². The largest absolute Gasteiger partial charge is 0.329 e. The summed E-state index contributed by atoms with van der Waals surface area (Å²) in [7, 11) is -3.43. The Bertz CT molecular complexity index is 389. The molecule has 1 aliphatic heterocycles. The van der Waals surface area contributed by atoms with Gasteiger partial charge in [0.15, 0.2) is 0 Å². The lowest BCUT2D eigenvalue weighted by Crippen LogP contribution is -2.57. The SMILES string of the molecule is CC(C)CC(C)(CN)NS(=O)(=O)N1CCCC(C)C1.Cl. The zero-order valence-electron chi connectivity index (χ0n) is 13.1. The second-order valence-corrected chi connectivity index (χ2v) is 8.25. The van der Waals surface area contributed by atoms with Gasteiger partial charge in [-0.25, -0.2) is 0 Å². The first-order valence-electron chi connectivity index (χ1n) is 7.17. The van der Waals surface area contributed by atoms with Gasteiger partial charge < -0.3 is 5.73 Å². The lowest BCUT2D eigenvalue weighted by Gasteiger charge is -2.36. The molecular formula is C13H30ClN3O2S. The predicted molar refractivity (Wildman–Crippen MR) is 86.2 cm³/mol. The summed E-state index contributed by atoms with van der Waals surface area (Å²) in [5.41, 5.74) is 5.21. The lowest BCUT2D eigenvalue weighted by molar-refractivity contribution is 0.266. The molecule has 0 aliphatic carbocycles. The number of piperidine rings is 1. The van der Waals surface area contributed by atoms with Gasteiger partial charge in [-0.3, -0.25) is 0 Å². The smallest absolute Gasteiger partial charge is 0.279 e. The molecule has 0 aromatic carbocycles. The first-order valence-corrected chi connectivity index (χ1v) is 8.61. The lowest BCUT2D eigenvalue weighted by atomic mass is 9.92. The molecule has 0 saturated carbocycles. The van der Waals surface area contributed by atoms with Crippen LogP contribution in [0.5, 0.6) is 0 Å². The number of nitrogens with two attached hydrogens (primary N) is 1. The molecular weight excluding hydrogens is 298 g/mol. The molecule has 1 heterocycles. The third-order valence-electron chi connectivity index (χ3n) is 3.64. The van der Waals surface area contributed by atoms with E-state index in [1.54, 1.807) is 4.31 Å². The summed E-state index contributed by atoms with van der Waals surface area (Å²) < 4.78 is 29.3. The monoisotopic (exact) mass is 327 g/mol. The summed E-state index contributed by atoms with van der Waals surface area (Å²) in [6.45, 7) is 9.67. The minimum Gasteiger partial charge on any atom is -0.329 e. The van der Waals surface area contributed by atoms with E-state index in [1.807, 2.05) is 6.92 Å². The molecule has 1 fully saturated rings. The minimum absolute atomic E-state index is 0. The van der Waals surface area contributed by atoms with Crippen LogP contribution in [0.2, 0.25) is 0 Å². The van der Waals surface area contributed by atoms with Gasteiger partial charge in [0.2, 0.25) is 0 Å². The summed E-state index contributed by atoms with van der Waals surface area (Å²) in [4.78, 5) is 0. The number of nitrogens with one attached hydrogen (secondary N) is 1. The van der Waals surface area contributed by atoms with Crippen molar-refractivity contribution >= 4 is 22.6 Å². The fourth-order valence-corrected chi connectivity index (χ4v) is 4.55. The average Bonchev–Trinajstić information content (AvgIpc) is 2.27. The van der Waals surface area contributed by atoms with Crippen LogP contribution in [0.15, 0.2) is 0 Å². The Morgan fingerprint density at radius 3 is 2.50 bits per heavy atom. The molecule has 1 rings (SSSR count). The third-order valence-corrected chi connectivity index (χ3v) is 5.41. The maximum Gasteiger partial charge on any atom is 0.279 e. The summed E-state index contributed by atoms with van der Waals surface area (Å²) in [5, 5.41) is 0. The highest BCUT2D eigenvalue weighted by Crippen LogP contribution is 2.21. The molecule has 5 nitrogen and oxygen atoms in total. The molecule has 0 spiro atoms. The van der Waals surface area contributed by atoms with Crippen LogP contribution in [-0.4, -0.2) is 37.9 Å². The molecule has 1 aliphatic rings. The van der Waals surface area contributed by atoms with E-state index in [9.17, 15) is 8.42 Å². The van der Waals surface area contributed by atoms with Gasteiger partial charge in [-0.15, -0.1) is 12.4 Å². The molecule has 20 heavy (non-hydrogen) atoms. The van der Waals surface area contributed by atoms with Crippen LogP contribution >= 0.6 is 12.4 Å². The van der Waals surface area contributed by atoms with Crippen molar-refractivity contribution in [3.05, 3.63) is 0 Å². The van der Waals surface area contributed by atoms with Gasteiger partial charge in [-0.1, -0.05) is 20.8 Å². The van der Waals surface area contributed by atoms with Crippen LogP contribution in [-0.2, 0) is 10.2 Å². The molecule has 0 bridgehead atoms. The summed E-state index contributed by atoms with van der Waals surface area (Å²) in [6.07, 6.45) is 2.78. The number of rotatable bonds is 6. The van der Waals surface area contributed by atoms with Crippen LogP contribution in [0, 0.1) is 11.8 Å². The van der Waals surface area contributed by atoms with E-state index in [0.29, 0.717) is 31.5 Å². The second-order valence-electron chi connectivity index (χ2n) is 6.58. The van der Waals surface area contributed by atoms with Crippen molar-refractivity contribution in [3.8, 4) is 0 Å². The van der Waals surface area contributed by atoms with Gasteiger partial charge >= 0.3 is 0 Å². The Balaban J connectivity index is 0.00000361. The van der Waals surface area contributed by atoms with Crippen LogP contribution in [0.1, 0.15) is 47.0 Å². The first-order chi connectivity index (χ1) is 8.68. The van der Waals surface area contributed by atoms with Gasteiger partial charge in [0.1, 0.15) is 0 Å². The molecule has 1 saturated heterocycles. The summed E-state index contributed by atoms with van der Waals surface area (Å²) in [5.74, 6) is 0.830. The van der Waals surface area contributed by atoms with Crippen LogP contribution in [0.25, 0.3) is 0 Å². The number of halogens is 1. The Hall–Kier alpha value is 0.120. The van der Waals surface area contributed by atoms with Gasteiger partial charge in [-0.2, -0.15) is 17.4 Å². The molecule has 7 heteroatoms. The van der Waals surface area contributed by atoms with E-state index >= 15 is 0 Å². The third kappa shape index (κ3) is 5.85. The van der Waals surface area contributed by atoms with E-state index in [-0.39, 0.29) is 12.4 Å². The standard InChI is InChI=1S/C13H29N3O2S.ClH/c1-11(2)8-13(4,10-14)15-19(17,18)16-7-5-6-12(3)9-16;/h11-12,15H,5-10,14H2,1-4H3;1H. The molecule has 0 amide bonds. The van der Waals surface area contributed by atoms with E-state index in [0.717, 1.165) is 19.3 Å². The van der Waals surface area contributed by atoms with E-state index < -0.39 is 15.7 Å². The van der Waals surface area contributed by atoms with Gasteiger partial charge in [0.05, 0.1) is 0 Å². The zero-order chi connectivity index (χ0) is 14.7. The van der Waals surface area contributed by atoms with E-state index in [1.165, 1.54) is 0 Å². The molecule has 0 aromatic rings. The highest BCUT2D eigenvalue weighted by atomic mass is 35.5. The van der Waals surface area contributed by atoms with Gasteiger partial charge in [0, 0.05) is 25.2 Å². The predicted octanol–water partition coefficient (Wildman–Crippen LogP) is 1.74. The second kappa shape index (κ2) is 7.94. The van der Waals surface area contributed by atoms with Crippen LogP contribution in [0.4, 0.5) is 0 Å². The fourth-order valence-electron chi connectivity index (χ4n) is 2.81. The van der Waals surface area contributed by atoms with Crippen molar-refractivity contribution in [1.82, 2.24) is 9.03 Å². The first kappa shape index (κ1) is 20.1. The van der Waals surface area contributed by atoms with Crippen molar-refractivity contribution in [1.29, 1.82) is 0 Å². The highest BCUT2D eigenvalue weighted by Gasteiger charge is 2.34. The molecule has 0 radical (unpaired) electrons. The van der Waals surface area contributed by atoms with Crippen LogP contribution in [0.3, 0.4) is 0 Å². The Labute approximate surface area is 130 Å². The van der Waals surface area contributed by atoms with E-state index in [2.05, 4.69) is 25.5 Å². The van der Waals surface area contributed by atoms with Crippen molar-refractivity contribution in [3.63, 3.8) is 0 Å². The van der Waals surface area contributed by atoms with Gasteiger partial charge in [-0.05, 0) is 38.0 Å². The Morgan fingerprint density at radius 2 is 2.05 bits per heavy atom. The number of hydrogen-bond acceptors (Lipinski definition) is 3. The van der Waals surface area contributed by atoms with Crippen molar-refractivity contribution in [2.45, 2.75) is 52.5 Å². The molecule has 122 valence electrons. The maximum absolute atomic E-state index is 12.4. The maximum atomic E-state index is 12.4. The summed E-state index contributed by atoms with van der Waals surface area (Å²) >= 11 is 0. The molecule has 0 aromatic heterocycles. The average molecular weight is 328 g/mol. The van der Waals surface area contributed by atoms with Crippen molar-refractivity contribution in [2.75, 3.05) is 19.6 Å². The minimum atomic E-state index is -3.43. The molecule has 2 unspecified atom stereocenters. The molecule has 2 atom stereocenters. The number of nitrogens with zero attached hydrogens (tertiary/aromatic N) is 1. The summed E-state index contributed by atoms with van der Waals surface area (Å²) in [6, 6.07) is 0. The van der Waals surface area contributed by atoms with Crippen molar-refractivity contribution < 1.29 is 8.42 Å². The highest BCUT2D eigenvalue weighted by molar-refractivity contribution is 7.87. The van der Waals surface area contributed by atoms with E-state index in [4.69, 9.17) is 5.73 Å². The van der Waals surface area contributed by atoms with Gasteiger partial charge in [0.25, 0.3) is 10.2 Å². The quantitative estimate of drug-likeness (QED) is 0.780. The fraction of sp³-hybridized carbons (Fsp3) is 1.00. The Morgan fingerprint density at radius 1 is 1.45 bits per heavy atom. The normalized spacial score (nSPS) is 24.2. The van der Waals surface area contributed by atoms with Crippen LogP contribution < -0.4 is 10.5 Å². The number of hydrogen-bond donors (Lipinski definition) is 2. The zero-order valence-corrected chi connectivity index (χ0v) is 14.7. The molecule has 3 N–H and O–H groups in total. The topological polar surface area (TPSA) is 75.4 Å². The Kier molecular flexibility index (Phi) is 7.99.